The molecule has 0 saturated carbocycles. The molecule has 0 bridgehead atoms. The largest absolute Gasteiger partial charge is 0.397 e. The van der Waals surface area contributed by atoms with Gasteiger partial charge < -0.3 is 16.4 Å². The zero-order chi connectivity index (χ0) is 14.7. The Labute approximate surface area is 119 Å². The number of rotatable bonds is 5. The fourth-order valence-electron chi connectivity index (χ4n) is 2.88. The molecule has 1 aliphatic heterocycles. The van der Waals surface area contributed by atoms with E-state index >= 15 is 0 Å². The molecule has 110 valence electrons. The van der Waals surface area contributed by atoms with Crippen LogP contribution in [-0.2, 0) is 0 Å². The Bertz CT molecular complexity index is 486. The van der Waals surface area contributed by atoms with Crippen molar-refractivity contribution in [2.75, 3.05) is 36.8 Å². The molecule has 0 spiro atoms. The highest BCUT2D eigenvalue weighted by Gasteiger charge is 2.29. The van der Waals surface area contributed by atoms with Crippen molar-refractivity contribution in [1.82, 2.24) is 9.88 Å². The first-order valence-electron chi connectivity index (χ1n) is 7.11. The number of hydrogen-bond donors (Lipinski definition) is 2. The standard InChI is InChI=1S/C14H23N5O/c1-3-18(4-2)11-5-6-19(9-11)14-12(13(16)20)7-10(15)8-17-14/h7-8,11H,3-6,9,15H2,1-2H3,(H2,16,20). The van der Waals surface area contributed by atoms with Crippen molar-refractivity contribution in [3.8, 4) is 0 Å². The van der Waals surface area contributed by atoms with Crippen molar-refractivity contribution in [3.05, 3.63) is 17.8 Å². The summed E-state index contributed by atoms with van der Waals surface area (Å²) in [6, 6.07) is 2.11. The summed E-state index contributed by atoms with van der Waals surface area (Å²) >= 11 is 0. The number of pyridine rings is 1. The van der Waals surface area contributed by atoms with Gasteiger partial charge in [0.2, 0.25) is 0 Å². The molecule has 1 aliphatic rings. The molecule has 1 saturated heterocycles. The summed E-state index contributed by atoms with van der Waals surface area (Å²) in [6.45, 7) is 8.17. The van der Waals surface area contributed by atoms with Crippen LogP contribution in [0.25, 0.3) is 0 Å². The van der Waals surface area contributed by atoms with Crippen LogP contribution in [0.15, 0.2) is 12.3 Å². The second kappa shape index (κ2) is 6.09. The highest BCUT2D eigenvalue weighted by Crippen LogP contribution is 2.25. The van der Waals surface area contributed by atoms with Crippen molar-refractivity contribution < 1.29 is 4.79 Å². The van der Waals surface area contributed by atoms with Gasteiger partial charge in [0.05, 0.1) is 17.4 Å². The number of nitrogen functional groups attached to an aromatic ring is 1. The van der Waals surface area contributed by atoms with Gasteiger partial charge in [-0.25, -0.2) is 4.98 Å². The first-order valence-corrected chi connectivity index (χ1v) is 7.11. The van der Waals surface area contributed by atoms with Crippen molar-refractivity contribution >= 4 is 17.4 Å². The molecule has 6 heteroatoms. The van der Waals surface area contributed by atoms with Crippen LogP contribution in [0, 0.1) is 0 Å². The van der Waals surface area contributed by atoms with Crippen LogP contribution in [0.3, 0.4) is 0 Å². The number of nitrogens with zero attached hydrogens (tertiary/aromatic N) is 3. The SMILES string of the molecule is CCN(CC)C1CCN(c2ncc(N)cc2C(N)=O)C1. The lowest BCUT2D eigenvalue weighted by Gasteiger charge is -2.26. The Morgan fingerprint density at radius 1 is 1.50 bits per heavy atom. The number of carbonyl (C=O) groups excluding carboxylic acids is 1. The molecule has 1 atom stereocenters. The Balaban J connectivity index is 2.20. The molecule has 1 aromatic heterocycles. The number of primary amides is 1. The Morgan fingerprint density at radius 2 is 2.20 bits per heavy atom. The summed E-state index contributed by atoms with van der Waals surface area (Å²) in [5.74, 6) is 0.174. The Hall–Kier alpha value is -1.82. The third-order valence-electron chi connectivity index (χ3n) is 3.94. The Morgan fingerprint density at radius 3 is 2.80 bits per heavy atom. The summed E-state index contributed by atoms with van der Waals surface area (Å²) < 4.78 is 0. The van der Waals surface area contributed by atoms with Gasteiger partial charge >= 0.3 is 0 Å². The number of likely N-dealkylation sites (N-methyl/N-ethyl adjacent to an activating group) is 1. The molecular formula is C14H23N5O. The van der Waals surface area contributed by atoms with Crippen LogP contribution < -0.4 is 16.4 Å². The van der Waals surface area contributed by atoms with Crippen LogP contribution in [0.1, 0.15) is 30.6 Å². The fraction of sp³-hybridized carbons (Fsp3) is 0.571. The van der Waals surface area contributed by atoms with E-state index in [-0.39, 0.29) is 0 Å². The lowest BCUT2D eigenvalue weighted by atomic mass is 10.2. The molecule has 20 heavy (non-hydrogen) atoms. The van der Waals surface area contributed by atoms with Gasteiger partial charge in [0.25, 0.3) is 5.91 Å². The van der Waals surface area contributed by atoms with E-state index in [0.717, 1.165) is 32.6 Å². The van der Waals surface area contributed by atoms with Crippen LogP contribution in [-0.4, -0.2) is 48.0 Å². The molecule has 1 fully saturated rings. The minimum absolute atomic E-state index is 0.408. The van der Waals surface area contributed by atoms with E-state index in [1.54, 1.807) is 12.3 Å². The maximum Gasteiger partial charge on any atom is 0.252 e. The third-order valence-corrected chi connectivity index (χ3v) is 3.94. The second-order valence-electron chi connectivity index (χ2n) is 5.11. The molecule has 2 rings (SSSR count). The number of aromatic nitrogens is 1. The monoisotopic (exact) mass is 277 g/mol. The molecule has 0 aromatic carbocycles. The predicted octanol–water partition coefficient (Wildman–Crippen LogP) is 0.683. The zero-order valence-corrected chi connectivity index (χ0v) is 12.2. The van der Waals surface area contributed by atoms with E-state index in [1.165, 1.54) is 0 Å². The maximum atomic E-state index is 11.5. The van der Waals surface area contributed by atoms with Gasteiger partial charge in [-0.1, -0.05) is 13.8 Å². The highest BCUT2D eigenvalue weighted by molar-refractivity contribution is 5.98. The molecular weight excluding hydrogens is 254 g/mol. The quantitative estimate of drug-likeness (QED) is 0.826. The number of hydrogen-bond acceptors (Lipinski definition) is 5. The molecule has 0 radical (unpaired) electrons. The smallest absolute Gasteiger partial charge is 0.252 e. The molecule has 6 nitrogen and oxygen atoms in total. The van der Waals surface area contributed by atoms with E-state index in [4.69, 9.17) is 11.5 Å². The molecule has 0 aliphatic carbocycles. The van der Waals surface area contributed by atoms with Crippen LogP contribution >= 0.6 is 0 Å². The van der Waals surface area contributed by atoms with Gasteiger partial charge in [-0.3, -0.25) is 9.69 Å². The number of carbonyl (C=O) groups is 1. The van der Waals surface area contributed by atoms with Crippen molar-refractivity contribution in [2.24, 2.45) is 5.73 Å². The van der Waals surface area contributed by atoms with Crippen molar-refractivity contribution in [2.45, 2.75) is 26.3 Å². The average Bonchev–Trinajstić information content (AvgIpc) is 2.89. The van der Waals surface area contributed by atoms with Gasteiger partial charge in [0.15, 0.2) is 0 Å². The maximum absolute atomic E-state index is 11.5. The average molecular weight is 277 g/mol. The Kier molecular flexibility index (Phi) is 4.44. The number of nitrogens with two attached hydrogens (primary N) is 2. The normalized spacial score (nSPS) is 18.8. The minimum atomic E-state index is -0.480. The van der Waals surface area contributed by atoms with E-state index in [9.17, 15) is 4.79 Å². The summed E-state index contributed by atoms with van der Waals surface area (Å²) in [5.41, 5.74) is 12.0. The minimum Gasteiger partial charge on any atom is -0.397 e. The van der Waals surface area contributed by atoms with Gasteiger partial charge in [0.1, 0.15) is 5.82 Å². The van der Waals surface area contributed by atoms with Crippen molar-refractivity contribution in [1.29, 1.82) is 0 Å². The van der Waals surface area contributed by atoms with Gasteiger partial charge in [-0.05, 0) is 25.6 Å². The number of amides is 1. The predicted molar refractivity (Wildman–Crippen MR) is 80.7 cm³/mol. The fourth-order valence-corrected chi connectivity index (χ4v) is 2.88. The summed E-state index contributed by atoms with van der Waals surface area (Å²) in [5, 5.41) is 0. The van der Waals surface area contributed by atoms with Crippen LogP contribution in [0.4, 0.5) is 11.5 Å². The van der Waals surface area contributed by atoms with Crippen LogP contribution in [0.5, 0.6) is 0 Å². The van der Waals surface area contributed by atoms with E-state index in [2.05, 4.69) is 28.6 Å². The van der Waals surface area contributed by atoms with Crippen molar-refractivity contribution in [3.63, 3.8) is 0 Å². The topological polar surface area (TPSA) is 88.5 Å². The molecule has 1 unspecified atom stereocenters. The first kappa shape index (κ1) is 14.6. The van der Waals surface area contributed by atoms with E-state index in [1.807, 2.05) is 0 Å². The van der Waals surface area contributed by atoms with Gasteiger partial charge in [0, 0.05) is 19.1 Å². The molecule has 2 heterocycles. The molecule has 1 amide bonds. The zero-order valence-electron chi connectivity index (χ0n) is 12.2. The first-order chi connectivity index (χ1) is 9.56. The summed E-state index contributed by atoms with van der Waals surface area (Å²) in [6.07, 6.45) is 2.65. The second-order valence-corrected chi connectivity index (χ2v) is 5.11. The van der Waals surface area contributed by atoms with Crippen LogP contribution in [0.2, 0.25) is 0 Å². The van der Waals surface area contributed by atoms with E-state index in [0.29, 0.717) is 23.1 Å². The molecule has 4 N–H and O–H groups in total. The van der Waals surface area contributed by atoms with Gasteiger partial charge in [-0.15, -0.1) is 0 Å². The lowest BCUT2D eigenvalue weighted by Crippen LogP contribution is -2.37. The third kappa shape index (κ3) is 2.85. The summed E-state index contributed by atoms with van der Waals surface area (Å²) in [4.78, 5) is 20.4. The molecule has 1 aromatic rings. The number of anilines is 2. The lowest BCUT2D eigenvalue weighted by molar-refractivity contribution is 0.100. The van der Waals surface area contributed by atoms with Gasteiger partial charge in [-0.2, -0.15) is 0 Å². The van der Waals surface area contributed by atoms with E-state index < -0.39 is 5.91 Å². The highest BCUT2D eigenvalue weighted by atomic mass is 16.1. The summed E-state index contributed by atoms with van der Waals surface area (Å²) in [7, 11) is 0.